The molecule has 8 heteroatoms. The lowest BCUT2D eigenvalue weighted by molar-refractivity contribution is -0.526. The molecule has 1 saturated heterocycles. The fourth-order valence-electron chi connectivity index (χ4n) is 4.15. The van der Waals surface area contributed by atoms with Crippen molar-refractivity contribution in [3.05, 3.63) is 54.6 Å². The van der Waals surface area contributed by atoms with E-state index in [9.17, 15) is 13.2 Å². The summed E-state index contributed by atoms with van der Waals surface area (Å²) >= 11 is 1.24. The number of benzene rings is 2. The third-order valence-corrected chi connectivity index (χ3v) is 8.18. The van der Waals surface area contributed by atoms with E-state index in [0.717, 1.165) is 19.5 Å². The molecule has 0 saturated carbocycles. The van der Waals surface area contributed by atoms with Crippen molar-refractivity contribution in [2.75, 3.05) is 18.8 Å². The summed E-state index contributed by atoms with van der Waals surface area (Å²) in [5.41, 5.74) is 1.28. The number of thioether (sulfide) groups is 1. The topological polar surface area (TPSA) is 74.1 Å². The van der Waals surface area contributed by atoms with Gasteiger partial charge in [0.05, 0.1) is 5.75 Å². The number of rotatable bonds is 5. The van der Waals surface area contributed by atoms with Gasteiger partial charge in [-0.25, -0.2) is 4.98 Å². The smallest absolute Gasteiger partial charge is 0.336 e. The Labute approximate surface area is 181 Å². The van der Waals surface area contributed by atoms with Crippen molar-refractivity contribution in [2.24, 2.45) is 11.8 Å². The minimum absolute atomic E-state index is 0.0423. The SMILES string of the molecule is CC1CC(C)CN(C(=O)CSc2[nH]c3ccccc3[n+]2S(=O)(=O)c2ccccc2)C1. The number of para-hydroxylation sites is 2. The third kappa shape index (κ3) is 4.11. The Morgan fingerprint density at radius 1 is 1.07 bits per heavy atom. The van der Waals surface area contributed by atoms with Gasteiger partial charge in [-0.15, -0.1) is 3.97 Å². The minimum atomic E-state index is -3.80. The van der Waals surface area contributed by atoms with Gasteiger partial charge >= 0.3 is 15.2 Å². The maximum Gasteiger partial charge on any atom is 0.336 e. The molecule has 0 aliphatic carbocycles. The number of aromatic amines is 1. The molecule has 158 valence electrons. The van der Waals surface area contributed by atoms with Gasteiger partial charge in [-0.3, -0.25) is 4.79 Å². The molecule has 1 fully saturated rings. The number of likely N-dealkylation sites (tertiary alicyclic amines) is 1. The Morgan fingerprint density at radius 3 is 2.40 bits per heavy atom. The number of hydrogen-bond donors (Lipinski definition) is 1. The molecule has 1 aliphatic rings. The molecule has 2 aromatic carbocycles. The summed E-state index contributed by atoms with van der Waals surface area (Å²) in [6.07, 6.45) is 1.13. The van der Waals surface area contributed by atoms with Crippen LogP contribution in [0.25, 0.3) is 11.0 Å². The summed E-state index contributed by atoms with van der Waals surface area (Å²) in [5.74, 6) is 1.20. The van der Waals surface area contributed by atoms with Crippen LogP contribution in [-0.4, -0.2) is 43.1 Å². The Bertz CT molecular complexity index is 1150. The zero-order valence-corrected chi connectivity index (χ0v) is 18.7. The zero-order valence-electron chi connectivity index (χ0n) is 17.1. The van der Waals surface area contributed by atoms with E-state index in [2.05, 4.69) is 18.8 Å². The maximum atomic E-state index is 13.4. The number of piperidine rings is 1. The number of fused-ring (bicyclic) bond motifs is 1. The molecule has 0 spiro atoms. The van der Waals surface area contributed by atoms with Crippen LogP contribution in [0.4, 0.5) is 0 Å². The number of carbonyl (C=O) groups is 1. The van der Waals surface area contributed by atoms with Crippen molar-refractivity contribution >= 4 is 38.7 Å². The van der Waals surface area contributed by atoms with Crippen LogP contribution in [0, 0.1) is 11.8 Å². The molecule has 2 heterocycles. The molecule has 1 aliphatic heterocycles. The quantitative estimate of drug-likeness (QED) is 0.484. The van der Waals surface area contributed by atoms with Gasteiger partial charge in [0, 0.05) is 13.1 Å². The van der Waals surface area contributed by atoms with Gasteiger partial charge in [-0.05, 0) is 54.3 Å². The highest BCUT2D eigenvalue weighted by Crippen LogP contribution is 2.24. The van der Waals surface area contributed by atoms with Crippen LogP contribution in [0.3, 0.4) is 0 Å². The monoisotopic (exact) mass is 444 g/mol. The number of H-pyrrole nitrogens is 1. The van der Waals surface area contributed by atoms with Crippen LogP contribution in [0.1, 0.15) is 20.3 Å². The Balaban J connectivity index is 1.65. The molecular weight excluding hydrogens is 418 g/mol. The van der Waals surface area contributed by atoms with Gasteiger partial charge in [0.1, 0.15) is 4.90 Å². The van der Waals surface area contributed by atoms with E-state index >= 15 is 0 Å². The molecule has 2 atom stereocenters. The van der Waals surface area contributed by atoms with Gasteiger partial charge in [-0.1, -0.05) is 44.2 Å². The van der Waals surface area contributed by atoms with Crippen LogP contribution in [0.15, 0.2) is 64.6 Å². The van der Waals surface area contributed by atoms with E-state index < -0.39 is 10.0 Å². The second-order valence-electron chi connectivity index (χ2n) is 8.06. The van der Waals surface area contributed by atoms with E-state index in [1.54, 1.807) is 36.4 Å². The highest BCUT2D eigenvalue weighted by atomic mass is 32.2. The average Bonchev–Trinajstić information content (AvgIpc) is 3.11. The first-order chi connectivity index (χ1) is 14.4. The first-order valence-electron chi connectivity index (χ1n) is 10.1. The molecule has 4 rings (SSSR count). The molecule has 1 N–H and O–H groups in total. The second kappa shape index (κ2) is 8.43. The average molecular weight is 445 g/mol. The summed E-state index contributed by atoms with van der Waals surface area (Å²) in [7, 11) is -3.80. The highest BCUT2D eigenvalue weighted by Gasteiger charge is 2.33. The van der Waals surface area contributed by atoms with Crippen molar-refractivity contribution in [2.45, 2.75) is 30.3 Å². The summed E-state index contributed by atoms with van der Waals surface area (Å²) in [5, 5.41) is 0.437. The first-order valence-corrected chi connectivity index (χ1v) is 12.5. The van der Waals surface area contributed by atoms with Gasteiger partial charge in [0.25, 0.3) is 0 Å². The molecule has 0 bridgehead atoms. The van der Waals surface area contributed by atoms with Crippen LogP contribution >= 0.6 is 11.8 Å². The van der Waals surface area contributed by atoms with Crippen molar-refractivity contribution in [3.63, 3.8) is 0 Å². The third-order valence-electron chi connectivity index (χ3n) is 5.38. The lowest BCUT2D eigenvalue weighted by Crippen LogP contribution is -2.45. The molecule has 6 nitrogen and oxygen atoms in total. The maximum absolute atomic E-state index is 13.4. The first kappa shape index (κ1) is 20.9. The molecule has 0 radical (unpaired) electrons. The minimum Gasteiger partial charge on any atom is -0.341 e. The Morgan fingerprint density at radius 2 is 1.70 bits per heavy atom. The summed E-state index contributed by atoms with van der Waals surface area (Å²) in [6, 6.07) is 15.6. The number of hydrogen-bond acceptors (Lipinski definition) is 4. The largest absolute Gasteiger partial charge is 0.341 e. The number of carbonyl (C=O) groups excluding carboxylic acids is 1. The van der Waals surface area contributed by atoms with Crippen molar-refractivity contribution in [3.8, 4) is 0 Å². The fourth-order valence-corrected chi connectivity index (χ4v) is 6.84. The lowest BCUT2D eigenvalue weighted by Gasteiger charge is -2.34. The number of nitrogens with zero attached hydrogens (tertiary/aromatic N) is 2. The summed E-state index contributed by atoms with van der Waals surface area (Å²) < 4.78 is 28.1. The fraction of sp³-hybridized carbons (Fsp3) is 0.364. The summed E-state index contributed by atoms with van der Waals surface area (Å²) in [4.78, 5) is 18.2. The Hall–Kier alpha value is -2.32. The predicted octanol–water partition coefficient (Wildman–Crippen LogP) is 3.29. The van der Waals surface area contributed by atoms with Crippen molar-refractivity contribution in [1.82, 2.24) is 9.88 Å². The Kier molecular flexibility index (Phi) is 5.88. The predicted molar refractivity (Wildman–Crippen MR) is 118 cm³/mol. The van der Waals surface area contributed by atoms with E-state index in [1.807, 2.05) is 23.1 Å². The number of amides is 1. The van der Waals surface area contributed by atoms with Crippen molar-refractivity contribution in [1.29, 1.82) is 0 Å². The standard InChI is InChI=1S/C22H25N3O3S2/c1-16-12-17(2)14-24(13-16)21(26)15-29-22-23-19-10-6-7-11-20(19)25(22)30(27,28)18-8-4-3-5-9-18/h3-11,16-17H,12-15H2,1-2H3/p+1. The zero-order chi connectivity index (χ0) is 21.3. The van der Waals surface area contributed by atoms with Crippen LogP contribution < -0.4 is 3.97 Å². The molecular formula is C22H26N3O3S2+. The normalized spacial score (nSPS) is 19.9. The molecule has 3 aromatic rings. The van der Waals surface area contributed by atoms with Gasteiger partial charge < -0.3 is 4.90 Å². The van der Waals surface area contributed by atoms with Crippen molar-refractivity contribution < 1.29 is 17.2 Å². The van der Waals surface area contributed by atoms with Crippen LogP contribution in [-0.2, 0) is 14.8 Å². The highest BCUT2D eigenvalue weighted by molar-refractivity contribution is 8.00. The molecule has 2 unspecified atom stereocenters. The molecule has 1 aromatic heterocycles. The van der Waals surface area contributed by atoms with E-state index in [-0.39, 0.29) is 16.6 Å². The van der Waals surface area contributed by atoms with Gasteiger partial charge in [0.2, 0.25) is 5.91 Å². The summed E-state index contributed by atoms with van der Waals surface area (Å²) in [6.45, 7) is 5.86. The van der Waals surface area contributed by atoms with Crippen LogP contribution in [0.5, 0.6) is 0 Å². The second-order valence-corrected chi connectivity index (χ2v) is 10.8. The number of aromatic nitrogens is 2. The molecule has 1 amide bonds. The molecule has 30 heavy (non-hydrogen) atoms. The van der Waals surface area contributed by atoms with Gasteiger partial charge in [0.15, 0.2) is 11.0 Å². The van der Waals surface area contributed by atoms with Gasteiger partial charge in [-0.2, -0.15) is 8.42 Å². The van der Waals surface area contributed by atoms with E-state index in [1.165, 1.54) is 15.7 Å². The number of imidazole rings is 1. The number of nitrogens with one attached hydrogen (secondary N) is 1. The van der Waals surface area contributed by atoms with E-state index in [4.69, 9.17) is 0 Å². The van der Waals surface area contributed by atoms with Crippen LogP contribution in [0.2, 0.25) is 0 Å². The lowest BCUT2D eigenvalue weighted by atomic mass is 9.92. The van der Waals surface area contributed by atoms with E-state index in [0.29, 0.717) is 28.0 Å².